The Kier molecular flexibility index (Phi) is 3.46. The summed E-state index contributed by atoms with van der Waals surface area (Å²) >= 11 is 0. The first-order valence-corrected chi connectivity index (χ1v) is 6.13. The second-order valence-electron chi connectivity index (χ2n) is 4.82. The molecule has 0 spiro atoms. The van der Waals surface area contributed by atoms with Crippen LogP contribution in [-0.4, -0.2) is 0 Å². The Balaban J connectivity index is 2.01. The van der Waals surface area contributed by atoms with Gasteiger partial charge in [0.1, 0.15) is 0 Å². The Morgan fingerprint density at radius 3 is 2.69 bits per heavy atom. The number of rotatable bonds is 0. The maximum absolute atomic E-state index is 2.55. The smallest absolute Gasteiger partial charge is 0.0292 e. The van der Waals surface area contributed by atoms with Crippen LogP contribution in [-0.2, 0) is 0 Å². The van der Waals surface area contributed by atoms with Crippen molar-refractivity contribution in [1.82, 2.24) is 0 Å². The molecule has 0 radical (unpaired) electrons. The van der Waals surface area contributed by atoms with Crippen molar-refractivity contribution < 1.29 is 0 Å². The predicted octanol–water partition coefficient (Wildman–Crippen LogP) is 4.46. The third-order valence-corrected chi connectivity index (χ3v) is 3.66. The summed E-state index contributed by atoms with van der Waals surface area (Å²) in [6.45, 7) is 0. The van der Waals surface area contributed by atoms with Crippen LogP contribution < -0.4 is 0 Å². The van der Waals surface area contributed by atoms with Gasteiger partial charge in [-0.15, -0.1) is 0 Å². The third-order valence-electron chi connectivity index (χ3n) is 3.66. The zero-order valence-electron chi connectivity index (χ0n) is 8.73. The van der Waals surface area contributed by atoms with Crippen LogP contribution in [0.4, 0.5) is 0 Å². The summed E-state index contributed by atoms with van der Waals surface area (Å²) in [6.07, 6.45) is 17.2. The van der Waals surface area contributed by atoms with E-state index in [1.807, 2.05) is 0 Å². The second-order valence-corrected chi connectivity index (χ2v) is 4.82. The quantitative estimate of drug-likeness (QED) is 0.480. The average Bonchev–Trinajstić information content (AvgIpc) is 2.00. The molecule has 0 heteroatoms. The molecule has 2 aliphatic rings. The first kappa shape index (κ1) is 9.30. The summed E-state index contributed by atoms with van der Waals surface area (Å²) in [6, 6.07) is 0. The monoisotopic (exact) mass is 178 g/mol. The molecular weight excluding hydrogens is 156 g/mol. The fourth-order valence-electron chi connectivity index (χ4n) is 2.85. The van der Waals surface area contributed by atoms with Crippen molar-refractivity contribution in [3.05, 3.63) is 11.6 Å². The van der Waals surface area contributed by atoms with Crippen molar-refractivity contribution in [3.63, 3.8) is 0 Å². The van der Waals surface area contributed by atoms with Crippen molar-refractivity contribution in [3.8, 4) is 0 Å². The third kappa shape index (κ3) is 2.86. The Morgan fingerprint density at radius 2 is 1.77 bits per heavy atom. The van der Waals surface area contributed by atoms with Gasteiger partial charge in [-0.1, -0.05) is 43.8 Å². The van der Waals surface area contributed by atoms with Gasteiger partial charge in [0, 0.05) is 0 Å². The summed E-state index contributed by atoms with van der Waals surface area (Å²) < 4.78 is 0. The van der Waals surface area contributed by atoms with E-state index in [0.29, 0.717) is 0 Å². The lowest BCUT2D eigenvalue weighted by Gasteiger charge is -2.23. The molecule has 2 rings (SSSR count). The van der Waals surface area contributed by atoms with E-state index in [-0.39, 0.29) is 0 Å². The Bertz CT molecular complexity index is 178. The SMILES string of the molecule is C1=C2CCCCCC(CCCC1)C2. The van der Waals surface area contributed by atoms with E-state index in [2.05, 4.69) is 6.08 Å². The molecule has 13 heavy (non-hydrogen) atoms. The minimum absolute atomic E-state index is 1.05. The van der Waals surface area contributed by atoms with Crippen molar-refractivity contribution in [2.45, 2.75) is 64.2 Å². The van der Waals surface area contributed by atoms with E-state index in [9.17, 15) is 0 Å². The Morgan fingerprint density at radius 1 is 0.923 bits per heavy atom. The topological polar surface area (TPSA) is 0 Å². The second kappa shape index (κ2) is 4.83. The van der Waals surface area contributed by atoms with Crippen LogP contribution in [0.25, 0.3) is 0 Å². The maximum Gasteiger partial charge on any atom is -0.0292 e. The van der Waals surface area contributed by atoms with Gasteiger partial charge in [-0.2, -0.15) is 0 Å². The lowest BCUT2D eigenvalue weighted by atomic mass is 9.83. The first-order valence-electron chi connectivity index (χ1n) is 6.13. The van der Waals surface area contributed by atoms with Gasteiger partial charge in [-0.3, -0.25) is 0 Å². The molecule has 1 atom stereocenters. The van der Waals surface area contributed by atoms with Gasteiger partial charge in [0.15, 0.2) is 0 Å². The highest BCUT2D eigenvalue weighted by Gasteiger charge is 2.15. The Hall–Kier alpha value is -0.260. The van der Waals surface area contributed by atoms with E-state index < -0.39 is 0 Å². The minimum atomic E-state index is 1.05. The molecule has 0 aromatic rings. The minimum Gasteiger partial charge on any atom is -0.0853 e. The number of allylic oxidation sites excluding steroid dienone is 2. The molecule has 0 nitrogen and oxygen atoms in total. The molecule has 0 N–H and O–H groups in total. The first-order chi connectivity index (χ1) is 6.45. The summed E-state index contributed by atoms with van der Waals surface area (Å²) in [7, 11) is 0. The molecule has 0 aromatic carbocycles. The standard InChI is InChI=1S/C13H22/c1-3-7-12-9-5-2-6-10-13(11-12)8-4-1/h7,13H,1-6,8-11H2. The average molecular weight is 178 g/mol. The molecule has 0 aliphatic heterocycles. The fourth-order valence-corrected chi connectivity index (χ4v) is 2.85. The summed E-state index contributed by atoms with van der Waals surface area (Å²) in [5, 5.41) is 0. The predicted molar refractivity (Wildman–Crippen MR) is 57.7 cm³/mol. The molecule has 0 heterocycles. The zero-order chi connectivity index (χ0) is 8.93. The number of fused-ring (bicyclic) bond motifs is 2. The fraction of sp³-hybridized carbons (Fsp3) is 0.846. The number of hydrogen-bond acceptors (Lipinski definition) is 0. The lowest BCUT2D eigenvalue weighted by Crippen LogP contribution is -2.07. The van der Waals surface area contributed by atoms with Crippen LogP contribution in [0.5, 0.6) is 0 Å². The highest BCUT2D eigenvalue weighted by molar-refractivity contribution is 5.04. The van der Waals surface area contributed by atoms with Crippen LogP contribution in [0.3, 0.4) is 0 Å². The molecule has 2 bridgehead atoms. The normalized spacial score (nSPS) is 30.8. The van der Waals surface area contributed by atoms with Crippen molar-refractivity contribution >= 4 is 0 Å². The highest BCUT2D eigenvalue weighted by atomic mass is 14.2. The molecule has 0 amide bonds. The van der Waals surface area contributed by atoms with E-state index in [0.717, 1.165) is 5.92 Å². The largest absolute Gasteiger partial charge is 0.0853 e. The summed E-state index contributed by atoms with van der Waals surface area (Å²) in [4.78, 5) is 0. The van der Waals surface area contributed by atoms with Gasteiger partial charge < -0.3 is 0 Å². The summed E-state index contributed by atoms with van der Waals surface area (Å²) in [5.74, 6) is 1.05. The molecular formula is C13H22. The van der Waals surface area contributed by atoms with Crippen LogP contribution in [0, 0.1) is 5.92 Å². The van der Waals surface area contributed by atoms with Gasteiger partial charge in [0.2, 0.25) is 0 Å². The van der Waals surface area contributed by atoms with Gasteiger partial charge in [-0.05, 0) is 38.0 Å². The van der Waals surface area contributed by atoms with E-state index in [1.54, 1.807) is 5.57 Å². The van der Waals surface area contributed by atoms with Crippen LogP contribution in [0.2, 0.25) is 0 Å². The van der Waals surface area contributed by atoms with Crippen molar-refractivity contribution in [2.75, 3.05) is 0 Å². The van der Waals surface area contributed by atoms with Crippen molar-refractivity contribution in [2.24, 2.45) is 5.92 Å². The van der Waals surface area contributed by atoms with Gasteiger partial charge >= 0.3 is 0 Å². The zero-order valence-corrected chi connectivity index (χ0v) is 8.73. The number of hydrogen-bond donors (Lipinski definition) is 0. The molecule has 74 valence electrons. The molecule has 0 aromatic heterocycles. The van der Waals surface area contributed by atoms with Crippen LogP contribution in [0.15, 0.2) is 11.6 Å². The molecule has 2 aliphatic carbocycles. The van der Waals surface area contributed by atoms with Crippen LogP contribution in [0.1, 0.15) is 64.2 Å². The highest BCUT2D eigenvalue weighted by Crippen LogP contribution is 2.31. The molecule has 1 saturated carbocycles. The van der Waals surface area contributed by atoms with E-state index in [1.165, 1.54) is 64.2 Å². The van der Waals surface area contributed by atoms with Gasteiger partial charge in [-0.25, -0.2) is 0 Å². The van der Waals surface area contributed by atoms with E-state index >= 15 is 0 Å². The van der Waals surface area contributed by atoms with Gasteiger partial charge in [0.25, 0.3) is 0 Å². The van der Waals surface area contributed by atoms with Crippen LogP contribution >= 0.6 is 0 Å². The van der Waals surface area contributed by atoms with E-state index in [4.69, 9.17) is 0 Å². The van der Waals surface area contributed by atoms with Gasteiger partial charge in [0.05, 0.1) is 0 Å². The molecule has 1 fully saturated rings. The lowest BCUT2D eigenvalue weighted by molar-refractivity contribution is 0.380. The van der Waals surface area contributed by atoms with Crippen molar-refractivity contribution in [1.29, 1.82) is 0 Å². The maximum atomic E-state index is 2.55. The summed E-state index contributed by atoms with van der Waals surface area (Å²) in [5.41, 5.74) is 1.80. The Labute approximate surface area is 82.4 Å². The molecule has 0 saturated heterocycles. The molecule has 1 unspecified atom stereocenters.